The van der Waals surface area contributed by atoms with Crippen LogP contribution in [0.15, 0.2) is 30.6 Å². The van der Waals surface area contributed by atoms with E-state index in [1.165, 1.54) is 29.7 Å². The Kier molecular flexibility index (Phi) is 5.97. The van der Waals surface area contributed by atoms with E-state index in [9.17, 15) is 4.79 Å². The quantitative estimate of drug-likeness (QED) is 0.800. The molecule has 3 heterocycles. The number of aryl methyl sites for hydroxylation is 1. The van der Waals surface area contributed by atoms with Crippen LogP contribution in [0.5, 0.6) is 0 Å². The highest BCUT2D eigenvalue weighted by molar-refractivity contribution is 5.93. The van der Waals surface area contributed by atoms with Gasteiger partial charge in [0.05, 0.1) is 5.56 Å². The summed E-state index contributed by atoms with van der Waals surface area (Å²) in [6.07, 6.45) is 8.02. The molecule has 6 heteroatoms. The molecule has 0 aliphatic carbocycles. The molecule has 2 aromatic rings. The summed E-state index contributed by atoms with van der Waals surface area (Å²) in [4.78, 5) is 28.4. The second-order valence-corrected chi connectivity index (χ2v) is 8.17. The van der Waals surface area contributed by atoms with Gasteiger partial charge in [-0.25, -0.2) is 9.97 Å². The molecule has 0 spiro atoms. The third-order valence-corrected chi connectivity index (χ3v) is 6.26. The first-order valence-electron chi connectivity index (χ1n) is 10.8. The molecule has 154 valence electrons. The molecule has 0 bridgehead atoms. The summed E-state index contributed by atoms with van der Waals surface area (Å²) >= 11 is 0. The van der Waals surface area contributed by atoms with Crippen molar-refractivity contribution in [3.8, 4) is 0 Å². The Morgan fingerprint density at radius 3 is 2.10 bits per heavy atom. The maximum Gasteiger partial charge on any atom is 0.256 e. The summed E-state index contributed by atoms with van der Waals surface area (Å²) < 4.78 is 0. The smallest absolute Gasteiger partial charge is 0.256 e. The van der Waals surface area contributed by atoms with Crippen LogP contribution >= 0.6 is 0 Å². The SMILES string of the molecule is Cc1cccc(N2CCN(c3ncc(C(=O)N4CCCCCC4)cn3)CC2)c1C. The Bertz CT molecular complexity index is 835. The van der Waals surface area contributed by atoms with Crippen molar-refractivity contribution in [2.24, 2.45) is 0 Å². The molecule has 1 aromatic carbocycles. The molecule has 2 aliphatic heterocycles. The van der Waals surface area contributed by atoms with Crippen molar-refractivity contribution in [2.75, 3.05) is 49.1 Å². The van der Waals surface area contributed by atoms with E-state index in [2.05, 4.69) is 51.8 Å². The number of piperazine rings is 1. The minimum absolute atomic E-state index is 0.0678. The second-order valence-electron chi connectivity index (χ2n) is 8.17. The van der Waals surface area contributed by atoms with Gasteiger partial charge in [-0.3, -0.25) is 4.79 Å². The summed E-state index contributed by atoms with van der Waals surface area (Å²) in [6, 6.07) is 6.50. The van der Waals surface area contributed by atoms with Crippen LogP contribution in [0, 0.1) is 13.8 Å². The number of rotatable bonds is 3. The summed E-state index contributed by atoms with van der Waals surface area (Å²) in [5.74, 6) is 0.788. The van der Waals surface area contributed by atoms with Gasteiger partial charge in [0, 0.05) is 57.3 Å². The molecule has 6 nitrogen and oxygen atoms in total. The van der Waals surface area contributed by atoms with Gasteiger partial charge in [0.25, 0.3) is 5.91 Å². The number of hydrogen-bond acceptors (Lipinski definition) is 5. The molecule has 2 aliphatic rings. The van der Waals surface area contributed by atoms with E-state index in [-0.39, 0.29) is 5.91 Å². The van der Waals surface area contributed by atoms with Crippen molar-refractivity contribution >= 4 is 17.5 Å². The average molecular weight is 394 g/mol. The lowest BCUT2D eigenvalue weighted by atomic mass is 10.1. The van der Waals surface area contributed by atoms with Crippen LogP contribution in [0.25, 0.3) is 0 Å². The van der Waals surface area contributed by atoms with E-state index in [4.69, 9.17) is 0 Å². The fourth-order valence-electron chi connectivity index (χ4n) is 4.28. The van der Waals surface area contributed by atoms with Crippen LogP contribution in [0.1, 0.15) is 47.2 Å². The van der Waals surface area contributed by atoms with E-state index in [0.29, 0.717) is 5.56 Å². The van der Waals surface area contributed by atoms with Gasteiger partial charge in [-0.2, -0.15) is 0 Å². The van der Waals surface area contributed by atoms with E-state index >= 15 is 0 Å². The lowest BCUT2D eigenvalue weighted by molar-refractivity contribution is 0.0761. The highest BCUT2D eigenvalue weighted by Crippen LogP contribution is 2.24. The number of likely N-dealkylation sites (tertiary alicyclic amines) is 1. The van der Waals surface area contributed by atoms with Crippen LogP contribution in [-0.4, -0.2) is 60.0 Å². The Hall–Kier alpha value is -2.63. The predicted octanol–water partition coefficient (Wildman–Crippen LogP) is 3.44. The molecular formula is C23H31N5O. The molecular weight excluding hydrogens is 362 g/mol. The topological polar surface area (TPSA) is 52.6 Å². The maximum absolute atomic E-state index is 12.7. The van der Waals surface area contributed by atoms with E-state index in [1.54, 1.807) is 12.4 Å². The fourth-order valence-corrected chi connectivity index (χ4v) is 4.28. The van der Waals surface area contributed by atoms with Crippen molar-refractivity contribution in [2.45, 2.75) is 39.5 Å². The van der Waals surface area contributed by atoms with E-state index < -0.39 is 0 Å². The van der Waals surface area contributed by atoms with E-state index in [1.807, 2.05) is 4.90 Å². The minimum Gasteiger partial charge on any atom is -0.368 e. The van der Waals surface area contributed by atoms with Gasteiger partial charge in [-0.1, -0.05) is 25.0 Å². The summed E-state index contributed by atoms with van der Waals surface area (Å²) in [5.41, 5.74) is 4.61. The van der Waals surface area contributed by atoms with Gasteiger partial charge in [0.1, 0.15) is 0 Å². The number of aromatic nitrogens is 2. The molecule has 0 saturated carbocycles. The van der Waals surface area contributed by atoms with Crippen molar-refractivity contribution in [1.29, 1.82) is 0 Å². The third-order valence-electron chi connectivity index (χ3n) is 6.26. The number of carbonyl (C=O) groups is 1. The molecule has 0 unspecified atom stereocenters. The van der Waals surface area contributed by atoms with E-state index in [0.717, 1.165) is 58.1 Å². The number of carbonyl (C=O) groups excluding carboxylic acids is 1. The van der Waals surface area contributed by atoms with Gasteiger partial charge >= 0.3 is 0 Å². The first-order valence-corrected chi connectivity index (χ1v) is 10.8. The van der Waals surface area contributed by atoms with Gasteiger partial charge in [-0.05, 0) is 43.9 Å². The molecule has 4 rings (SSSR count). The molecule has 2 saturated heterocycles. The molecule has 0 atom stereocenters. The van der Waals surface area contributed by atoms with Gasteiger partial charge in [0.2, 0.25) is 5.95 Å². The average Bonchev–Trinajstić information content (AvgIpc) is 3.05. The Labute approximate surface area is 173 Å². The largest absolute Gasteiger partial charge is 0.368 e. The molecule has 1 amide bonds. The zero-order valence-electron chi connectivity index (χ0n) is 17.6. The number of benzene rings is 1. The van der Waals surface area contributed by atoms with Crippen molar-refractivity contribution < 1.29 is 4.79 Å². The zero-order chi connectivity index (χ0) is 20.2. The van der Waals surface area contributed by atoms with Crippen LogP contribution in [0.3, 0.4) is 0 Å². The Morgan fingerprint density at radius 2 is 1.45 bits per heavy atom. The van der Waals surface area contributed by atoms with Crippen molar-refractivity contribution in [1.82, 2.24) is 14.9 Å². The molecule has 1 aromatic heterocycles. The molecule has 0 N–H and O–H groups in total. The molecule has 29 heavy (non-hydrogen) atoms. The van der Waals surface area contributed by atoms with Crippen molar-refractivity contribution in [3.05, 3.63) is 47.3 Å². The fraction of sp³-hybridized carbons (Fsp3) is 0.522. The third kappa shape index (κ3) is 4.36. The predicted molar refractivity (Wildman–Crippen MR) is 117 cm³/mol. The molecule has 0 radical (unpaired) electrons. The van der Waals surface area contributed by atoms with Crippen LogP contribution in [-0.2, 0) is 0 Å². The van der Waals surface area contributed by atoms with Crippen LogP contribution in [0.2, 0.25) is 0 Å². The number of amides is 1. The summed E-state index contributed by atoms with van der Waals surface area (Å²) in [7, 11) is 0. The lowest BCUT2D eigenvalue weighted by Gasteiger charge is -2.37. The summed E-state index contributed by atoms with van der Waals surface area (Å²) in [5, 5.41) is 0. The highest BCUT2D eigenvalue weighted by Gasteiger charge is 2.22. The minimum atomic E-state index is 0.0678. The number of anilines is 2. The lowest BCUT2D eigenvalue weighted by Crippen LogP contribution is -2.47. The van der Waals surface area contributed by atoms with Gasteiger partial charge < -0.3 is 14.7 Å². The highest BCUT2D eigenvalue weighted by atomic mass is 16.2. The first-order chi connectivity index (χ1) is 14.1. The zero-order valence-corrected chi connectivity index (χ0v) is 17.6. The van der Waals surface area contributed by atoms with Gasteiger partial charge in [0.15, 0.2) is 0 Å². The van der Waals surface area contributed by atoms with Gasteiger partial charge in [-0.15, -0.1) is 0 Å². The monoisotopic (exact) mass is 393 g/mol. The normalized spacial score (nSPS) is 17.9. The Morgan fingerprint density at radius 1 is 0.828 bits per heavy atom. The summed E-state index contributed by atoms with van der Waals surface area (Å²) in [6.45, 7) is 9.71. The van der Waals surface area contributed by atoms with Crippen LogP contribution in [0.4, 0.5) is 11.6 Å². The first kappa shape index (κ1) is 19.7. The molecule has 2 fully saturated rings. The van der Waals surface area contributed by atoms with Crippen molar-refractivity contribution in [3.63, 3.8) is 0 Å². The maximum atomic E-state index is 12.7. The van der Waals surface area contributed by atoms with Crippen LogP contribution < -0.4 is 9.80 Å². The Balaban J connectivity index is 1.38. The second kappa shape index (κ2) is 8.80. The number of hydrogen-bond donors (Lipinski definition) is 0. The standard InChI is InChI=1S/C23H31N5O/c1-18-8-7-9-21(19(18)2)26-12-14-28(15-13-26)23-24-16-20(17-25-23)22(29)27-10-5-3-4-6-11-27/h7-9,16-17H,3-6,10-15H2,1-2H3. The number of nitrogens with zero attached hydrogens (tertiary/aromatic N) is 5.